The number of aliphatic carboxylic acids is 1. The number of nitrogens with zero attached hydrogens (tertiary/aromatic N) is 1. The number of carboxylic acid groups (broad SMARTS) is 1. The van der Waals surface area contributed by atoms with Crippen molar-refractivity contribution in [3.63, 3.8) is 0 Å². The lowest BCUT2D eigenvalue weighted by atomic mass is 9.93. The third-order valence-electron chi connectivity index (χ3n) is 5.31. The van der Waals surface area contributed by atoms with Crippen LogP contribution in [0.4, 0.5) is 0 Å². The zero-order valence-electron chi connectivity index (χ0n) is 13.2. The molecule has 0 saturated heterocycles. The van der Waals surface area contributed by atoms with E-state index in [0.29, 0.717) is 18.3 Å². The van der Waals surface area contributed by atoms with Gasteiger partial charge in [0, 0.05) is 6.04 Å². The number of fused-ring (bicyclic) bond motifs is 2. The number of amides is 1. The van der Waals surface area contributed by atoms with Crippen molar-refractivity contribution in [3.8, 4) is 0 Å². The van der Waals surface area contributed by atoms with Gasteiger partial charge in [-0.2, -0.15) is 0 Å². The van der Waals surface area contributed by atoms with Crippen LogP contribution in [0.25, 0.3) is 0 Å². The maximum atomic E-state index is 12.8. The highest BCUT2D eigenvalue weighted by atomic mass is 16.4. The first-order chi connectivity index (χ1) is 11.0. The molecule has 1 amide bonds. The molecule has 4 atom stereocenters. The summed E-state index contributed by atoms with van der Waals surface area (Å²) >= 11 is 0. The van der Waals surface area contributed by atoms with Gasteiger partial charge in [0.05, 0.1) is 6.04 Å². The van der Waals surface area contributed by atoms with Crippen molar-refractivity contribution in [1.29, 1.82) is 0 Å². The molecular formula is C18H24N2O3. The first-order valence-corrected chi connectivity index (χ1v) is 8.36. The second-order valence-corrected chi connectivity index (χ2v) is 6.90. The minimum atomic E-state index is -0.965. The fraction of sp³-hybridized carbons (Fsp3) is 0.556. The van der Waals surface area contributed by atoms with Crippen molar-refractivity contribution < 1.29 is 14.7 Å². The van der Waals surface area contributed by atoms with Crippen molar-refractivity contribution in [2.75, 3.05) is 6.54 Å². The number of carboxylic acids is 1. The zero-order valence-corrected chi connectivity index (χ0v) is 13.2. The van der Waals surface area contributed by atoms with Crippen LogP contribution in [0.3, 0.4) is 0 Å². The molecule has 2 aliphatic carbocycles. The van der Waals surface area contributed by atoms with Gasteiger partial charge in [-0.3, -0.25) is 9.59 Å². The highest BCUT2D eigenvalue weighted by Crippen LogP contribution is 2.46. The summed E-state index contributed by atoms with van der Waals surface area (Å²) < 4.78 is 0. The summed E-state index contributed by atoms with van der Waals surface area (Å²) in [6.45, 7) is -0.241. The molecule has 2 fully saturated rings. The Bertz CT molecular complexity index is 575. The first-order valence-electron chi connectivity index (χ1n) is 8.36. The molecule has 0 aliphatic heterocycles. The second kappa shape index (κ2) is 6.71. The minimum Gasteiger partial charge on any atom is -0.480 e. The van der Waals surface area contributed by atoms with Gasteiger partial charge in [0.15, 0.2) is 0 Å². The number of rotatable bonds is 6. The average Bonchev–Trinajstić information content (AvgIpc) is 3.15. The number of nitrogens with two attached hydrogens (primary N) is 1. The Hall–Kier alpha value is -1.88. The third kappa shape index (κ3) is 3.55. The molecule has 3 unspecified atom stereocenters. The molecule has 1 aromatic rings. The molecule has 0 spiro atoms. The van der Waals surface area contributed by atoms with Crippen LogP contribution >= 0.6 is 0 Å². The number of hydrogen-bond donors (Lipinski definition) is 2. The van der Waals surface area contributed by atoms with E-state index in [-0.39, 0.29) is 18.5 Å². The quantitative estimate of drug-likeness (QED) is 0.836. The van der Waals surface area contributed by atoms with E-state index in [2.05, 4.69) is 0 Å². The van der Waals surface area contributed by atoms with Crippen LogP contribution in [0.5, 0.6) is 0 Å². The SMILES string of the molecule is N[C@@H](Cc1ccccc1)C(=O)N(CC(=O)O)C1CC2CCC1C2. The molecule has 0 aromatic heterocycles. The molecular weight excluding hydrogens is 292 g/mol. The molecule has 0 radical (unpaired) electrons. The van der Waals surface area contributed by atoms with Gasteiger partial charge in [-0.15, -0.1) is 0 Å². The van der Waals surface area contributed by atoms with E-state index in [1.165, 1.54) is 6.42 Å². The van der Waals surface area contributed by atoms with Gasteiger partial charge < -0.3 is 15.7 Å². The van der Waals surface area contributed by atoms with Crippen LogP contribution in [0.15, 0.2) is 30.3 Å². The van der Waals surface area contributed by atoms with Crippen molar-refractivity contribution in [2.24, 2.45) is 17.6 Å². The van der Waals surface area contributed by atoms with E-state index in [1.807, 2.05) is 30.3 Å². The smallest absolute Gasteiger partial charge is 0.323 e. The third-order valence-corrected chi connectivity index (χ3v) is 5.31. The maximum absolute atomic E-state index is 12.8. The Morgan fingerprint density at radius 3 is 2.52 bits per heavy atom. The van der Waals surface area contributed by atoms with Gasteiger partial charge >= 0.3 is 5.97 Å². The molecule has 2 aliphatic rings. The molecule has 0 heterocycles. The van der Waals surface area contributed by atoms with E-state index in [4.69, 9.17) is 5.73 Å². The Labute approximate surface area is 136 Å². The molecule has 3 N–H and O–H groups in total. The number of benzene rings is 1. The van der Waals surface area contributed by atoms with Gasteiger partial charge in [-0.1, -0.05) is 36.8 Å². The summed E-state index contributed by atoms with van der Waals surface area (Å²) in [5, 5.41) is 9.20. The molecule has 5 heteroatoms. The number of carbonyl (C=O) groups is 2. The Morgan fingerprint density at radius 2 is 1.96 bits per heavy atom. The van der Waals surface area contributed by atoms with Crippen LogP contribution in [0, 0.1) is 11.8 Å². The van der Waals surface area contributed by atoms with E-state index in [1.54, 1.807) is 4.90 Å². The molecule has 23 heavy (non-hydrogen) atoms. The highest BCUT2D eigenvalue weighted by Gasteiger charge is 2.44. The van der Waals surface area contributed by atoms with Gasteiger partial charge in [-0.25, -0.2) is 0 Å². The Kier molecular flexibility index (Phi) is 4.66. The lowest BCUT2D eigenvalue weighted by molar-refractivity contribution is -0.147. The predicted molar refractivity (Wildman–Crippen MR) is 86.7 cm³/mol. The number of hydrogen-bond acceptors (Lipinski definition) is 3. The van der Waals surface area contributed by atoms with Gasteiger partial charge in [-0.05, 0) is 43.1 Å². The van der Waals surface area contributed by atoms with Crippen LogP contribution in [-0.2, 0) is 16.0 Å². The molecule has 3 rings (SSSR count). The Balaban J connectivity index is 1.71. The number of carbonyl (C=O) groups excluding carboxylic acids is 1. The molecule has 5 nitrogen and oxygen atoms in total. The zero-order chi connectivity index (χ0) is 16.4. The van der Waals surface area contributed by atoms with E-state index < -0.39 is 12.0 Å². The van der Waals surface area contributed by atoms with Gasteiger partial charge in [0.2, 0.25) is 5.91 Å². The fourth-order valence-corrected chi connectivity index (χ4v) is 4.27. The maximum Gasteiger partial charge on any atom is 0.323 e. The molecule has 1 aromatic carbocycles. The van der Waals surface area contributed by atoms with Crippen molar-refractivity contribution in [2.45, 2.75) is 44.2 Å². The van der Waals surface area contributed by atoms with Crippen molar-refractivity contribution in [3.05, 3.63) is 35.9 Å². The average molecular weight is 316 g/mol. The second-order valence-electron chi connectivity index (χ2n) is 6.90. The van der Waals surface area contributed by atoms with E-state index >= 15 is 0 Å². The summed E-state index contributed by atoms with van der Waals surface area (Å²) in [6, 6.07) is 8.99. The fourth-order valence-electron chi connectivity index (χ4n) is 4.27. The summed E-state index contributed by atoms with van der Waals surface area (Å²) in [4.78, 5) is 25.5. The van der Waals surface area contributed by atoms with Crippen LogP contribution in [0.2, 0.25) is 0 Å². The molecule has 2 bridgehead atoms. The van der Waals surface area contributed by atoms with Crippen LogP contribution < -0.4 is 5.73 Å². The normalized spacial score (nSPS) is 26.9. The van der Waals surface area contributed by atoms with Crippen molar-refractivity contribution in [1.82, 2.24) is 4.90 Å². The lowest BCUT2D eigenvalue weighted by Gasteiger charge is -2.35. The highest BCUT2D eigenvalue weighted by molar-refractivity contribution is 5.85. The van der Waals surface area contributed by atoms with Gasteiger partial charge in [0.1, 0.15) is 6.54 Å². The van der Waals surface area contributed by atoms with Crippen molar-refractivity contribution >= 4 is 11.9 Å². The van der Waals surface area contributed by atoms with E-state index in [9.17, 15) is 14.7 Å². The van der Waals surface area contributed by atoms with Gasteiger partial charge in [0.25, 0.3) is 0 Å². The summed E-state index contributed by atoms with van der Waals surface area (Å²) in [5.74, 6) is -0.0893. The minimum absolute atomic E-state index is 0.0548. The standard InChI is InChI=1S/C18H24N2O3/c19-15(9-12-4-2-1-3-5-12)18(23)20(11-17(21)22)16-10-13-6-7-14(16)8-13/h1-5,13-16H,6-11,19H2,(H,21,22)/t13?,14?,15-,16?/m0/s1. The molecule has 124 valence electrons. The van der Waals surface area contributed by atoms with E-state index in [0.717, 1.165) is 24.8 Å². The lowest BCUT2D eigenvalue weighted by Crippen LogP contribution is -2.52. The summed E-state index contributed by atoms with van der Waals surface area (Å²) in [7, 11) is 0. The summed E-state index contributed by atoms with van der Waals surface area (Å²) in [6.07, 6.45) is 4.82. The first kappa shape index (κ1) is 16.0. The predicted octanol–water partition coefficient (Wildman–Crippen LogP) is 1.66. The topological polar surface area (TPSA) is 83.6 Å². The largest absolute Gasteiger partial charge is 0.480 e. The van der Waals surface area contributed by atoms with Crippen LogP contribution in [-0.4, -0.2) is 40.5 Å². The van der Waals surface area contributed by atoms with Crippen LogP contribution in [0.1, 0.15) is 31.2 Å². The summed E-state index contributed by atoms with van der Waals surface area (Å²) in [5.41, 5.74) is 7.10. The monoisotopic (exact) mass is 316 g/mol. The molecule has 2 saturated carbocycles. The Morgan fingerprint density at radius 1 is 1.22 bits per heavy atom.